The van der Waals surface area contributed by atoms with E-state index in [9.17, 15) is 13.2 Å². The molecule has 0 fully saturated rings. The van der Waals surface area contributed by atoms with E-state index in [1.54, 1.807) is 35.2 Å². The fraction of sp³-hybridized carbons (Fsp3) is 0.240. The van der Waals surface area contributed by atoms with Crippen molar-refractivity contribution in [3.05, 3.63) is 77.9 Å². The Morgan fingerprint density at radius 1 is 0.970 bits per heavy atom. The van der Waals surface area contributed by atoms with Crippen LogP contribution in [0.3, 0.4) is 0 Å². The molecule has 0 radical (unpaired) electrons. The van der Waals surface area contributed by atoms with Gasteiger partial charge in [0.2, 0.25) is 0 Å². The second-order valence-electron chi connectivity index (χ2n) is 7.89. The molecule has 0 N–H and O–H groups in total. The molecule has 0 saturated heterocycles. The molecule has 1 heterocycles. The summed E-state index contributed by atoms with van der Waals surface area (Å²) in [5.74, 6) is 0.664. The third-order valence-electron chi connectivity index (χ3n) is 5.92. The molecule has 1 atom stereocenters. The summed E-state index contributed by atoms with van der Waals surface area (Å²) in [5, 5.41) is 0. The molecule has 0 bridgehead atoms. The number of methoxy groups -OCH3 is 2. The number of hydrogen-bond donors (Lipinski definition) is 0. The predicted molar refractivity (Wildman–Crippen MR) is 128 cm³/mol. The summed E-state index contributed by atoms with van der Waals surface area (Å²) in [5.41, 5.74) is 3.01. The van der Waals surface area contributed by atoms with Crippen molar-refractivity contribution in [3.63, 3.8) is 0 Å². The lowest BCUT2D eigenvalue weighted by molar-refractivity contribution is 0.0981. The second kappa shape index (κ2) is 8.78. The number of ether oxygens (including phenoxy) is 2. The number of amides is 1. The predicted octanol–water partition coefficient (Wildman–Crippen LogP) is 4.12. The van der Waals surface area contributed by atoms with Crippen LogP contribution in [0.5, 0.6) is 11.5 Å². The summed E-state index contributed by atoms with van der Waals surface area (Å²) in [6.07, 6.45) is 0.812. The number of benzene rings is 3. The van der Waals surface area contributed by atoms with Gasteiger partial charge in [-0.2, -0.15) is 0 Å². The van der Waals surface area contributed by atoms with E-state index >= 15 is 0 Å². The number of rotatable bonds is 6. The Morgan fingerprint density at radius 3 is 2.30 bits per heavy atom. The fourth-order valence-corrected chi connectivity index (χ4v) is 5.31. The van der Waals surface area contributed by atoms with E-state index in [0.29, 0.717) is 22.7 Å². The minimum absolute atomic E-state index is 0.0580. The van der Waals surface area contributed by atoms with Crippen molar-refractivity contribution in [3.8, 4) is 11.5 Å². The lowest BCUT2D eigenvalue weighted by Gasteiger charge is -2.24. The summed E-state index contributed by atoms with van der Waals surface area (Å²) >= 11 is 0. The number of fused-ring (bicyclic) bond motifs is 1. The Balaban J connectivity index is 1.59. The first-order chi connectivity index (χ1) is 15.8. The molecule has 1 amide bonds. The van der Waals surface area contributed by atoms with Crippen LogP contribution in [0.2, 0.25) is 0 Å². The zero-order valence-corrected chi connectivity index (χ0v) is 19.8. The van der Waals surface area contributed by atoms with Crippen LogP contribution in [-0.4, -0.2) is 41.6 Å². The first kappa shape index (κ1) is 22.7. The van der Waals surface area contributed by atoms with E-state index in [-0.39, 0.29) is 16.8 Å². The van der Waals surface area contributed by atoms with E-state index in [1.807, 2.05) is 31.2 Å². The molecule has 0 saturated carbocycles. The molecule has 1 aliphatic heterocycles. The van der Waals surface area contributed by atoms with Crippen molar-refractivity contribution in [1.29, 1.82) is 0 Å². The SMILES string of the molecule is COc1ccc(S(=O)(=O)N(C)c2ccc(C(=O)N3c4ccccc4CC3C)cc2)cc1OC. The zero-order valence-electron chi connectivity index (χ0n) is 19.0. The van der Waals surface area contributed by atoms with Crippen LogP contribution in [0, 0.1) is 0 Å². The Bertz CT molecular complexity index is 1290. The topological polar surface area (TPSA) is 76.2 Å². The van der Waals surface area contributed by atoms with Crippen LogP contribution in [0.15, 0.2) is 71.6 Å². The van der Waals surface area contributed by atoms with Gasteiger partial charge >= 0.3 is 0 Å². The summed E-state index contributed by atoms with van der Waals surface area (Å²) < 4.78 is 37.9. The monoisotopic (exact) mass is 466 g/mol. The Morgan fingerprint density at radius 2 is 1.64 bits per heavy atom. The van der Waals surface area contributed by atoms with Gasteiger partial charge in [-0.15, -0.1) is 0 Å². The van der Waals surface area contributed by atoms with Crippen molar-refractivity contribution in [2.75, 3.05) is 30.5 Å². The van der Waals surface area contributed by atoms with Crippen LogP contribution in [-0.2, 0) is 16.4 Å². The van der Waals surface area contributed by atoms with Gasteiger partial charge in [-0.3, -0.25) is 9.10 Å². The standard InChI is InChI=1S/C25H26N2O5S/c1-17-15-19-7-5-6-8-22(19)27(17)25(28)18-9-11-20(12-10-18)26(2)33(29,30)21-13-14-23(31-3)24(16-21)32-4/h5-14,16-17H,15H2,1-4H3. The second-order valence-corrected chi connectivity index (χ2v) is 9.86. The molecule has 172 valence electrons. The Labute approximate surface area is 194 Å². The van der Waals surface area contributed by atoms with E-state index in [4.69, 9.17) is 9.47 Å². The normalized spacial score (nSPS) is 15.2. The molecule has 1 unspecified atom stereocenters. The summed E-state index contributed by atoms with van der Waals surface area (Å²) in [6, 6.07) is 19.0. The molecular weight excluding hydrogens is 440 g/mol. The fourth-order valence-electron chi connectivity index (χ4n) is 4.10. The van der Waals surface area contributed by atoms with E-state index in [1.165, 1.54) is 37.7 Å². The Kier molecular flexibility index (Phi) is 6.03. The molecule has 1 aliphatic rings. The van der Waals surface area contributed by atoms with Crippen molar-refractivity contribution < 1.29 is 22.7 Å². The maximum Gasteiger partial charge on any atom is 0.264 e. The maximum atomic E-state index is 13.2. The van der Waals surface area contributed by atoms with Gasteiger partial charge in [-0.1, -0.05) is 18.2 Å². The van der Waals surface area contributed by atoms with Crippen molar-refractivity contribution in [2.24, 2.45) is 0 Å². The number of anilines is 2. The van der Waals surface area contributed by atoms with E-state index < -0.39 is 10.0 Å². The third kappa shape index (κ3) is 4.02. The van der Waals surface area contributed by atoms with E-state index in [0.717, 1.165) is 17.7 Å². The van der Waals surface area contributed by atoms with Gasteiger partial charge in [-0.25, -0.2) is 8.42 Å². The number of para-hydroxylation sites is 1. The summed E-state index contributed by atoms with van der Waals surface area (Å²) in [7, 11) is 0.569. The number of carbonyl (C=O) groups is 1. The largest absolute Gasteiger partial charge is 0.493 e. The molecule has 8 heteroatoms. The smallest absolute Gasteiger partial charge is 0.264 e. The van der Waals surface area contributed by atoms with Gasteiger partial charge in [0.1, 0.15) is 0 Å². The van der Waals surface area contributed by atoms with Gasteiger partial charge in [0, 0.05) is 30.4 Å². The summed E-state index contributed by atoms with van der Waals surface area (Å²) in [6.45, 7) is 2.02. The average molecular weight is 467 g/mol. The van der Waals surface area contributed by atoms with Gasteiger partial charge in [0.05, 0.1) is 24.8 Å². The lowest BCUT2D eigenvalue weighted by Crippen LogP contribution is -2.35. The van der Waals surface area contributed by atoms with Gasteiger partial charge < -0.3 is 14.4 Å². The molecular formula is C25H26N2O5S. The highest BCUT2D eigenvalue weighted by molar-refractivity contribution is 7.92. The molecule has 0 aliphatic carbocycles. The summed E-state index contributed by atoms with van der Waals surface area (Å²) in [4.78, 5) is 15.1. The number of carbonyl (C=O) groups excluding carboxylic acids is 1. The van der Waals surface area contributed by atoms with Gasteiger partial charge in [0.25, 0.3) is 15.9 Å². The van der Waals surface area contributed by atoms with Crippen molar-refractivity contribution in [1.82, 2.24) is 0 Å². The van der Waals surface area contributed by atoms with Crippen LogP contribution < -0.4 is 18.7 Å². The minimum atomic E-state index is -3.84. The van der Waals surface area contributed by atoms with Gasteiger partial charge in [0.15, 0.2) is 11.5 Å². The quantitative estimate of drug-likeness (QED) is 0.546. The van der Waals surface area contributed by atoms with Crippen molar-refractivity contribution in [2.45, 2.75) is 24.3 Å². The molecule has 7 nitrogen and oxygen atoms in total. The number of hydrogen-bond acceptors (Lipinski definition) is 5. The number of sulfonamides is 1. The van der Waals surface area contributed by atoms with Crippen LogP contribution >= 0.6 is 0 Å². The zero-order chi connectivity index (χ0) is 23.8. The number of nitrogens with zero attached hydrogens (tertiary/aromatic N) is 2. The average Bonchev–Trinajstić information content (AvgIpc) is 3.18. The molecule has 33 heavy (non-hydrogen) atoms. The van der Waals surface area contributed by atoms with Gasteiger partial charge in [-0.05, 0) is 61.4 Å². The highest BCUT2D eigenvalue weighted by Crippen LogP contribution is 2.34. The molecule has 3 aromatic carbocycles. The van der Waals surface area contributed by atoms with E-state index in [2.05, 4.69) is 0 Å². The van der Waals surface area contributed by atoms with Crippen molar-refractivity contribution >= 4 is 27.3 Å². The third-order valence-corrected chi connectivity index (χ3v) is 7.70. The van der Waals surface area contributed by atoms with Crippen LogP contribution in [0.25, 0.3) is 0 Å². The molecule has 0 spiro atoms. The molecule has 0 aromatic heterocycles. The molecule has 4 rings (SSSR count). The first-order valence-electron chi connectivity index (χ1n) is 10.5. The minimum Gasteiger partial charge on any atom is -0.493 e. The highest BCUT2D eigenvalue weighted by Gasteiger charge is 2.31. The van der Waals surface area contributed by atoms with Crippen LogP contribution in [0.1, 0.15) is 22.8 Å². The highest BCUT2D eigenvalue weighted by atomic mass is 32.2. The maximum absolute atomic E-state index is 13.2. The van der Waals surface area contributed by atoms with Crippen LogP contribution in [0.4, 0.5) is 11.4 Å². The first-order valence-corrected chi connectivity index (χ1v) is 11.9. The lowest BCUT2D eigenvalue weighted by atomic mass is 10.1. The molecule has 3 aromatic rings. The Hall–Kier alpha value is -3.52.